The maximum absolute atomic E-state index is 12.7. The van der Waals surface area contributed by atoms with Crippen LogP contribution >= 0.6 is 0 Å². The Labute approximate surface area is 158 Å². The SMILES string of the molecule is COc1cc(C(=O)O[C@@H](C)C(=O)c2cc(C)ccc2C)cc2c1OCCO2. The minimum atomic E-state index is -0.919. The van der Waals surface area contributed by atoms with Crippen molar-refractivity contribution in [1.29, 1.82) is 0 Å². The topological polar surface area (TPSA) is 71.1 Å². The number of fused-ring (bicyclic) bond motifs is 1. The van der Waals surface area contributed by atoms with Gasteiger partial charge in [-0.2, -0.15) is 0 Å². The van der Waals surface area contributed by atoms with Gasteiger partial charge in [0.2, 0.25) is 11.5 Å². The zero-order chi connectivity index (χ0) is 19.6. The average Bonchev–Trinajstić information content (AvgIpc) is 2.68. The summed E-state index contributed by atoms with van der Waals surface area (Å²) in [4.78, 5) is 25.3. The molecule has 0 saturated heterocycles. The lowest BCUT2D eigenvalue weighted by molar-refractivity contribution is 0.0317. The van der Waals surface area contributed by atoms with Crippen molar-refractivity contribution in [3.63, 3.8) is 0 Å². The number of methoxy groups -OCH3 is 1. The smallest absolute Gasteiger partial charge is 0.339 e. The molecule has 0 spiro atoms. The number of hydrogen-bond donors (Lipinski definition) is 0. The number of carbonyl (C=O) groups is 2. The largest absolute Gasteiger partial charge is 0.493 e. The molecule has 1 aliphatic rings. The second-order valence-corrected chi connectivity index (χ2v) is 6.43. The number of carbonyl (C=O) groups excluding carboxylic acids is 2. The molecule has 0 radical (unpaired) electrons. The molecule has 0 amide bonds. The third-order valence-corrected chi connectivity index (χ3v) is 4.38. The molecule has 0 saturated carbocycles. The molecule has 0 unspecified atom stereocenters. The second kappa shape index (κ2) is 7.70. The van der Waals surface area contributed by atoms with Crippen LogP contribution < -0.4 is 14.2 Å². The highest BCUT2D eigenvalue weighted by atomic mass is 16.6. The van der Waals surface area contributed by atoms with Gasteiger partial charge in [0.1, 0.15) is 13.2 Å². The van der Waals surface area contributed by atoms with E-state index in [1.165, 1.54) is 19.2 Å². The predicted molar refractivity (Wildman–Crippen MR) is 99.1 cm³/mol. The number of rotatable bonds is 5. The standard InChI is InChI=1S/C21H22O6/c1-12-5-6-13(2)16(9-12)19(22)14(3)27-21(23)15-10-17(24-4)20-18(11-15)25-7-8-26-20/h5-6,9-11,14H,7-8H2,1-4H3/t14-/m0/s1. The number of ketones is 1. The fourth-order valence-corrected chi connectivity index (χ4v) is 2.89. The maximum atomic E-state index is 12.7. The van der Waals surface area contributed by atoms with Crippen LogP contribution in [0, 0.1) is 13.8 Å². The van der Waals surface area contributed by atoms with Crippen LogP contribution in [-0.2, 0) is 4.74 Å². The van der Waals surface area contributed by atoms with E-state index in [1.807, 2.05) is 26.0 Å². The number of benzene rings is 2. The third-order valence-electron chi connectivity index (χ3n) is 4.38. The van der Waals surface area contributed by atoms with Crippen LogP contribution in [0.5, 0.6) is 17.2 Å². The first-order chi connectivity index (χ1) is 12.9. The lowest BCUT2D eigenvalue weighted by Crippen LogP contribution is -2.25. The van der Waals surface area contributed by atoms with Crippen LogP contribution in [0.3, 0.4) is 0 Å². The van der Waals surface area contributed by atoms with Gasteiger partial charge in [0.25, 0.3) is 0 Å². The minimum absolute atomic E-state index is 0.233. The molecular weight excluding hydrogens is 348 g/mol. The van der Waals surface area contributed by atoms with Crippen molar-refractivity contribution in [1.82, 2.24) is 0 Å². The summed E-state index contributed by atoms with van der Waals surface area (Å²) >= 11 is 0. The van der Waals surface area contributed by atoms with Gasteiger partial charge in [0.05, 0.1) is 12.7 Å². The summed E-state index contributed by atoms with van der Waals surface area (Å²) in [5.74, 6) is 0.388. The Morgan fingerprint density at radius 1 is 1.07 bits per heavy atom. The molecule has 1 heterocycles. The molecule has 0 aliphatic carbocycles. The summed E-state index contributed by atoms with van der Waals surface area (Å²) in [7, 11) is 1.48. The van der Waals surface area contributed by atoms with Crippen molar-refractivity contribution in [2.45, 2.75) is 26.9 Å². The molecule has 3 rings (SSSR count). The first-order valence-electron chi connectivity index (χ1n) is 8.70. The maximum Gasteiger partial charge on any atom is 0.339 e. The molecule has 1 aliphatic heterocycles. The monoisotopic (exact) mass is 370 g/mol. The lowest BCUT2D eigenvalue weighted by atomic mass is 9.99. The zero-order valence-electron chi connectivity index (χ0n) is 15.8. The number of Topliss-reactive ketones (excluding diaryl/α,β-unsaturated/α-hetero) is 1. The van der Waals surface area contributed by atoms with Gasteiger partial charge in [-0.25, -0.2) is 4.79 Å². The summed E-state index contributed by atoms with van der Waals surface area (Å²) in [6.07, 6.45) is -0.919. The van der Waals surface area contributed by atoms with E-state index in [2.05, 4.69) is 0 Å². The van der Waals surface area contributed by atoms with Gasteiger partial charge in [-0.1, -0.05) is 17.7 Å². The van der Waals surface area contributed by atoms with Crippen molar-refractivity contribution in [3.8, 4) is 17.2 Å². The number of esters is 1. The Balaban J connectivity index is 1.80. The van der Waals surface area contributed by atoms with Gasteiger partial charge in [0, 0.05) is 5.56 Å². The van der Waals surface area contributed by atoms with E-state index in [9.17, 15) is 9.59 Å². The van der Waals surface area contributed by atoms with Crippen LogP contribution in [0.4, 0.5) is 0 Å². The molecule has 27 heavy (non-hydrogen) atoms. The van der Waals surface area contributed by atoms with E-state index in [4.69, 9.17) is 18.9 Å². The van der Waals surface area contributed by atoms with E-state index in [0.29, 0.717) is 36.0 Å². The van der Waals surface area contributed by atoms with Crippen molar-refractivity contribution in [3.05, 3.63) is 52.6 Å². The third kappa shape index (κ3) is 3.89. The molecule has 1 atom stereocenters. The molecular formula is C21H22O6. The fraction of sp³-hybridized carbons (Fsp3) is 0.333. The molecule has 6 heteroatoms. The highest BCUT2D eigenvalue weighted by molar-refractivity contribution is 6.02. The van der Waals surface area contributed by atoms with Crippen molar-refractivity contribution < 1.29 is 28.5 Å². The van der Waals surface area contributed by atoms with E-state index < -0.39 is 12.1 Å². The first kappa shape index (κ1) is 18.8. The van der Waals surface area contributed by atoms with Gasteiger partial charge in [0.15, 0.2) is 17.6 Å². The summed E-state index contributed by atoms with van der Waals surface area (Å²) < 4.78 is 21.7. The quantitative estimate of drug-likeness (QED) is 0.592. The van der Waals surface area contributed by atoms with Gasteiger partial charge < -0.3 is 18.9 Å². The van der Waals surface area contributed by atoms with Gasteiger partial charge in [-0.15, -0.1) is 0 Å². The Morgan fingerprint density at radius 2 is 1.81 bits per heavy atom. The van der Waals surface area contributed by atoms with E-state index in [1.54, 1.807) is 13.0 Å². The van der Waals surface area contributed by atoms with Gasteiger partial charge >= 0.3 is 5.97 Å². The Morgan fingerprint density at radius 3 is 2.56 bits per heavy atom. The predicted octanol–water partition coefficient (Wildman–Crippen LogP) is 3.51. The van der Waals surface area contributed by atoms with Crippen LogP contribution in [0.25, 0.3) is 0 Å². The van der Waals surface area contributed by atoms with Crippen LogP contribution in [0.2, 0.25) is 0 Å². The first-order valence-corrected chi connectivity index (χ1v) is 8.70. The van der Waals surface area contributed by atoms with E-state index >= 15 is 0 Å². The Hall–Kier alpha value is -3.02. The molecule has 6 nitrogen and oxygen atoms in total. The summed E-state index contributed by atoms with van der Waals surface area (Å²) in [5, 5.41) is 0. The Bertz CT molecular complexity index is 869. The van der Waals surface area contributed by atoms with E-state index in [-0.39, 0.29) is 11.3 Å². The molecule has 0 aromatic heterocycles. The number of hydrogen-bond acceptors (Lipinski definition) is 6. The molecule has 142 valence electrons. The molecule has 0 N–H and O–H groups in total. The zero-order valence-corrected chi connectivity index (χ0v) is 15.8. The van der Waals surface area contributed by atoms with Crippen molar-refractivity contribution in [2.24, 2.45) is 0 Å². The summed E-state index contributed by atoms with van der Waals surface area (Å²) in [6.45, 7) is 6.13. The van der Waals surface area contributed by atoms with Crippen LogP contribution in [-0.4, -0.2) is 38.2 Å². The van der Waals surface area contributed by atoms with Gasteiger partial charge in [-0.05, 0) is 44.5 Å². The second-order valence-electron chi connectivity index (χ2n) is 6.43. The molecule has 0 bridgehead atoms. The average molecular weight is 370 g/mol. The molecule has 2 aromatic rings. The normalized spacial score (nSPS) is 13.6. The molecule has 0 fully saturated rings. The van der Waals surface area contributed by atoms with E-state index in [0.717, 1.165) is 11.1 Å². The molecule has 2 aromatic carbocycles. The number of aryl methyl sites for hydroxylation is 2. The van der Waals surface area contributed by atoms with Gasteiger partial charge in [-0.3, -0.25) is 4.79 Å². The minimum Gasteiger partial charge on any atom is -0.493 e. The van der Waals surface area contributed by atoms with Crippen molar-refractivity contribution >= 4 is 11.8 Å². The van der Waals surface area contributed by atoms with Crippen molar-refractivity contribution in [2.75, 3.05) is 20.3 Å². The summed E-state index contributed by atoms with van der Waals surface area (Å²) in [5.41, 5.74) is 2.60. The highest BCUT2D eigenvalue weighted by Gasteiger charge is 2.25. The van der Waals surface area contributed by atoms with Crippen LogP contribution in [0.15, 0.2) is 30.3 Å². The van der Waals surface area contributed by atoms with Crippen LogP contribution in [0.1, 0.15) is 38.8 Å². The lowest BCUT2D eigenvalue weighted by Gasteiger charge is -2.21. The Kier molecular flexibility index (Phi) is 5.35. The summed E-state index contributed by atoms with van der Waals surface area (Å²) in [6, 6.07) is 8.67. The highest BCUT2D eigenvalue weighted by Crippen LogP contribution is 2.40. The fourth-order valence-electron chi connectivity index (χ4n) is 2.89. The number of ether oxygens (including phenoxy) is 4.